The van der Waals surface area contributed by atoms with Gasteiger partial charge in [0, 0.05) is 30.2 Å². The van der Waals surface area contributed by atoms with Crippen molar-refractivity contribution >= 4 is 22.6 Å². The van der Waals surface area contributed by atoms with Crippen molar-refractivity contribution in [2.24, 2.45) is 0 Å². The van der Waals surface area contributed by atoms with Gasteiger partial charge in [-0.25, -0.2) is 4.79 Å². The molecule has 2 aromatic rings. The van der Waals surface area contributed by atoms with E-state index in [-0.39, 0.29) is 17.1 Å². The van der Waals surface area contributed by atoms with Gasteiger partial charge in [0.05, 0.1) is 13.2 Å². The Balaban J connectivity index is 1.85. The number of H-pyrrole nitrogens is 1. The molecule has 6 nitrogen and oxygen atoms in total. The molecule has 3 rings (SSSR count). The normalized spacial score (nSPS) is 15.3. The van der Waals surface area contributed by atoms with Crippen LogP contribution in [0.3, 0.4) is 0 Å². The van der Waals surface area contributed by atoms with Crippen molar-refractivity contribution in [1.82, 2.24) is 9.88 Å². The molecule has 0 atom stereocenters. The molecule has 0 aliphatic carbocycles. The monoisotopic (exact) mass is 273 g/mol. The largest absolute Gasteiger partial charge is 0.378 e. The third kappa shape index (κ3) is 2.37. The molecule has 0 saturated carbocycles. The highest BCUT2D eigenvalue weighted by atomic mass is 16.5. The first-order chi connectivity index (χ1) is 9.75. The molecule has 0 bridgehead atoms. The average molecular weight is 273 g/mol. The summed E-state index contributed by atoms with van der Waals surface area (Å²) in [6.45, 7) is 2.14. The van der Waals surface area contributed by atoms with Gasteiger partial charge in [-0.2, -0.15) is 0 Å². The van der Waals surface area contributed by atoms with Crippen LogP contribution in [0.5, 0.6) is 0 Å². The molecule has 1 aromatic carbocycles. The van der Waals surface area contributed by atoms with Gasteiger partial charge in [-0.1, -0.05) is 12.1 Å². The second-order valence-electron chi connectivity index (χ2n) is 4.61. The van der Waals surface area contributed by atoms with Crippen molar-refractivity contribution in [2.75, 3.05) is 31.6 Å². The van der Waals surface area contributed by atoms with Crippen molar-refractivity contribution in [3.8, 4) is 0 Å². The smallest absolute Gasteiger partial charge is 0.322 e. The van der Waals surface area contributed by atoms with Gasteiger partial charge in [-0.15, -0.1) is 0 Å². The number of aromatic nitrogens is 1. The fraction of sp³-hybridized carbons (Fsp3) is 0.286. The zero-order chi connectivity index (χ0) is 13.9. The minimum absolute atomic E-state index is 0.180. The summed E-state index contributed by atoms with van der Waals surface area (Å²) in [5, 5.41) is 3.22. The van der Waals surface area contributed by atoms with Crippen LogP contribution in [0.15, 0.2) is 35.3 Å². The molecule has 0 spiro atoms. The van der Waals surface area contributed by atoms with Crippen LogP contribution in [-0.2, 0) is 4.74 Å². The molecule has 1 aliphatic rings. The number of carbonyl (C=O) groups is 1. The Morgan fingerprint density at radius 2 is 2.00 bits per heavy atom. The highest BCUT2D eigenvalue weighted by molar-refractivity contribution is 5.91. The van der Waals surface area contributed by atoms with Gasteiger partial charge in [-0.05, 0) is 12.1 Å². The lowest BCUT2D eigenvalue weighted by molar-refractivity contribution is 0.0564. The third-order valence-electron chi connectivity index (χ3n) is 3.33. The zero-order valence-corrected chi connectivity index (χ0v) is 10.9. The summed E-state index contributed by atoms with van der Waals surface area (Å²) in [4.78, 5) is 29.0. The van der Waals surface area contributed by atoms with Crippen molar-refractivity contribution in [3.63, 3.8) is 0 Å². The summed E-state index contributed by atoms with van der Waals surface area (Å²) in [7, 11) is 0. The second-order valence-corrected chi connectivity index (χ2v) is 4.61. The Labute approximate surface area is 115 Å². The summed E-state index contributed by atoms with van der Waals surface area (Å²) < 4.78 is 5.19. The first kappa shape index (κ1) is 12.7. The first-order valence-corrected chi connectivity index (χ1v) is 6.50. The molecule has 0 radical (unpaired) electrons. The molecule has 1 aromatic heterocycles. The molecule has 6 heteroatoms. The van der Waals surface area contributed by atoms with E-state index >= 15 is 0 Å². The number of rotatable bonds is 1. The number of morpholine rings is 1. The van der Waals surface area contributed by atoms with Crippen LogP contribution in [0.1, 0.15) is 0 Å². The van der Waals surface area contributed by atoms with Crippen molar-refractivity contribution < 1.29 is 9.53 Å². The molecule has 20 heavy (non-hydrogen) atoms. The van der Waals surface area contributed by atoms with E-state index in [4.69, 9.17) is 4.74 Å². The lowest BCUT2D eigenvalue weighted by atomic mass is 10.2. The Kier molecular flexibility index (Phi) is 3.39. The minimum Gasteiger partial charge on any atom is -0.378 e. The number of hydrogen-bond acceptors (Lipinski definition) is 3. The standard InChI is InChI=1S/C14H15N3O3/c18-13-10-3-1-2-4-11(10)15-9-12(13)16-14(19)17-5-7-20-8-6-17/h1-4,9H,5-8H2,(H,15,18)(H,16,19). The predicted octanol–water partition coefficient (Wildman–Crippen LogP) is 1.39. The number of aromatic amines is 1. The molecule has 104 valence electrons. The third-order valence-corrected chi connectivity index (χ3v) is 3.33. The van der Waals surface area contributed by atoms with Gasteiger partial charge >= 0.3 is 6.03 Å². The number of carbonyl (C=O) groups excluding carboxylic acids is 1. The van der Waals surface area contributed by atoms with Crippen LogP contribution < -0.4 is 10.7 Å². The topological polar surface area (TPSA) is 74.4 Å². The summed E-state index contributed by atoms with van der Waals surface area (Å²) in [6.07, 6.45) is 1.53. The summed E-state index contributed by atoms with van der Waals surface area (Å²) in [6, 6.07) is 6.94. The number of nitrogens with one attached hydrogen (secondary N) is 2. The lowest BCUT2D eigenvalue weighted by Crippen LogP contribution is -2.43. The number of fused-ring (bicyclic) bond motifs is 1. The molecule has 2 heterocycles. The maximum absolute atomic E-state index is 12.3. The van der Waals surface area contributed by atoms with Crippen molar-refractivity contribution in [2.45, 2.75) is 0 Å². The SMILES string of the molecule is O=C(Nc1c[nH]c2ccccc2c1=O)N1CCOCC1. The first-order valence-electron chi connectivity index (χ1n) is 6.50. The average Bonchev–Trinajstić information content (AvgIpc) is 2.51. The van der Waals surface area contributed by atoms with E-state index in [2.05, 4.69) is 10.3 Å². The number of anilines is 1. The molecular formula is C14H15N3O3. The van der Waals surface area contributed by atoms with Gasteiger partial charge in [0.1, 0.15) is 5.69 Å². The number of hydrogen-bond donors (Lipinski definition) is 2. The predicted molar refractivity (Wildman–Crippen MR) is 76.0 cm³/mol. The second kappa shape index (κ2) is 5.34. The minimum atomic E-state index is -0.269. The summed E-state index contributed by atoms with van der Waals surface area (Å²) >= 11 is 0. The van der Waals surface area contributed by atoms with E-state index in [1.165, 1.54) is 6.20 Å². The van der Waals surface area contributed by atoms with Crippen LogP contribution >= 0.6 is 0 Å². The Bertz CT molecular complexity index is 689. The molecule has 2 amide bonds. The van der Waals surface area contributed by atoms with Crippen LogP contribution in [0.2, 0.25) is 0 Å². The Hall–Kier alpha value is -2.34. The molecular weight excluding hydrogens is 258 g/mol. The van der Waals surface area contributed by atoms with E-state index in [0.29, 0.717) is 31.7 Å². The molecule has 0 unspecified atom stereocenters. The van der Waals surface area contributed by atoms with E-state index in [0.717, 1.165) is 5.52 Å². The van der Waals surface area contributed by atoms with E-state index in [1.54, 1.807) is 17.0 Å². The van der Waals surface area contributed by atoms with Crippen LogP contribution in [0.4, 0.5) is 10.5 Å². The van der Waals surface area contributed by atoms with Gasteiger partial charge in [0.2, 0.25) is 5.43 Å². The summed E-state index contributed by atoms with van der Waals surface area (Å²) in [5.74, 6) is 0. The fourth-order valence-corrected chi connectivity index (χ4v) is 2.22. The van der Waals surface area contributed by atoms with Crippen molar-refractivity contribution in [1.29, 1.82) is 0 Å². The van der Waals surface area contributed by atoms with Crippen LogP contribution in [0, 0.1) is 0 Å². The highest BCUT2D eigenvalue weighted by Crippen LogP contribution is 2.10. The maximum Gasteiger partial charge on any atom is 0.322 e. The molecule has 1 fully saturated rings. The van der Waals surface area contributed by atoms with E-state index < -0.39 is 0 Å². The number of ether oxygens (including phenoxy) is 1. The molecule has 1 saturated heterocycles. The van der Waals surface area contributed by atoms with Gasteiger partial charge < -0.3 is 19.9 Å². The summed E-state index contributed by atoms with van der Waals surface area (Å²) in [5.41, 5.74) is 0.836. The Morgan fingerprint density at radius 3 is 2.80 bits per heavy atom. The highest BCUT2D eigenvalue weighted by Gasteiger charge is 2.18. The zero-order valence-electron chi connectivity index (χ0n) is 10.9. The fourth-order valence-electron chi connectivity index (χ4n) is 2.22. The number of nitrogens with zero attached hydrogens (tertiary/aromatic N) is 1. The van der Waals surface area contributed by atoms with E-state index in [1.807, 2.05) is 12.1 Å². The quantitative estimate of drug-likeness (QED) is 0.824. The molecule has 2 N–H and O–H groups in total. The number of benzene rings is 1. The number of pyridine rings is 1. The Morgan fingerprint density at radius 1 is 1.25 bits per heavy atom. The number of urea groups is 1. The van der Waals surface area contributed by atoms with Gasteiger partial charge in [-0.3, -0.25) is 4.79 Å². The van der Waals surface area contributed by atoms with E-state index in [9.17, 15) is 9.59 Å². The van der Waals surface area contributed by atoms with Gasteiger partial charge in [0.25, 0.3) is 0 Å². The van der Waals surface area contributed by atoms with Crippen LogP contribution in [-0.4, -0.2) is 42.2 Å². The maximum atomic E-state index is 12.3. The number of para-hydroxylation sites is 1. The lowest BCUT2D eigenvalue weighted by Gasteiger charge is -2.26. The molecule has 1 aliphatic heterocycles. The van der Waals surface area contributed by atoms with Crippen LogP contribution in [0.25, 0.3) is 10.9 Å². The number of amides is 2. The van der Waals surface area contributed by atoms with Gasteiger partial charge in [0.15, 0.2) is 0 Å². The van der Waals surface area contributed by atoms with Crippen molar-refractivity contribution in [3.05, 3.63) is 40.7 Å².